The average molecular weight is 337 g/mol. The molecule has 2 aromatic carbocycles. The van der Waals surface area contributed by atoms with Crippen LogP contribution in [0.4, 0.5) is 5.69 Å². The van der Waals surface area contributed by atoms with Gasteiger partial charge in [0.15, 0.2) is 5.11 Å². The molecule has 0 bridgehead atoms. The third-order valence-electron chi connectivity index (χ3n) is 3.49. The zero-order valence-electron chi connectivity index (χ0n) is 12.9. The second-order valence-corrected chi connectivity index (χ2v) is 5.82. The maximum absolute atomic E-state index is 12.3. The quantitative estimate of drug-likeness (QED) is 0.595. The minimum atomic E-state index is -0.269. The molecule has 0 radical (unpaired) electrons. The van der Waals surface area contributed by atoms with E-state index in [9.17, 15) is 9.59 Å². The summed E-state index contributed by atoms with van der Waals surface area (Å²) in [5.41, 5.74) is 3.49. The average Bonchev–Trinajstić information content (AvgIpc) is 2.86. The summed E-state index contributed by atoms with van der Waals surface area (Å²) >= 11 is 4.89. The first kappa shape index (κ1) is 15.9. The predicted octanol–water partition coefficient (Wildman–Crippen LogP) is 2.59. The summed E-state index contributed by atoms with van der Waals surface area (Å²) in [5, 5.41) is 8.43. The van der Waals surface area contributed by atoms with Crippen molar-refractivity contribution in [2.24, 2.45) is 0 Å². The Balaban J connectivity index is 1.77. The molecule has 0 aromatic heterocycles. The van der Waals surface area contributed by atoms with Crippen molar-refractivity contribution in [2.75, 3.05) is 5.32 Å². The van der Waals surface area contributed by atoms with Crippen LogP contribution in [-0.4, -0.2) is 16.9 Å². The van der Waals surface area contributed by atoms with E-state index >= 15 is 0 Å². The number of carbonyl (C=O) groups is 2. The number of nitrogens with one attached hydrogen (secondary N) is 3. The summed E-state index contributed by atoms with van der Waals surface area (Å²) in [7, 11) is 0. The van der Waals surface area contributed by atoms with Crippen molar-refractivity contribution in [1.29, 1.82) is 0 Å². The zero-order chi connectivity index (χ0) is 17.1. The minimum absolute atomic E-state index is 0.183. The van der Waals surface area contributed by atoms with Crippen LogP contribution >= 0.6 is 12.2 Å². The summed E-state index contributed by atoms with van der Waals surface area (Å²) in [6.45, 7) is 1.97. The molecule has 0 atom stereocenters. The largest absolute Gasteiger partial charge is 0.328 e. The van der Waals surface area contributed by atoms with Crippen LogP contribution in [0, 0.1) is 6.92 Å². The first-order valence-electron chi connectivity index (χ1n) is 7.33. The number of thiocarbonyl (C=S) groups is 1. The van der Waals surface area contributed by atoms with Gasteiger partial charge in [0, 0.05) is 11.3 Å². The summed E-state index contributed by atoms with van der Waals surface area (Å²) in [4.78, 5) is 23.9. The van der Waals surface area contributed by atoms with Gasteiger partial charge in [-0.25, -0.2) is 0 Å². The van der Waals surface area contributed by atoms with E-state index in [0.29, 0.717) is 16.9 Å². The molecule has 6 heteroatoms. The van der Waals surface area contributed by atoms with Gasteiger partial charge in [-0.05, 0) is 55.0 Å². The molecule has 0 spiro atoms. The molecule has 3 N–H and O–H groups in total. The van der Waals surface area contributed by atoms with Crippen molar-refractivity contribution in [3.8, 4) is 0 Å². The third kappa shape index (κ3) is 3.67. The Morgan fingerprint density at radius 1 is 1.12 bits per heavy atom. The van der Waals surface area contributed by atoms with Gasteiger partial charge < -0.3 is 10.6 Å². The van der Waals surface area contributed by atoms with Crippen LogP contribution in [0.25, 0.3) is 6.08 Å². The molecule has 1 fully saturated rings. The van der Waals surface area contributed by atoms with Gasteiger partial charge in [-0.3, -0.25) is 14.9 Å². The molecule has 0 saturated carbocycles. The zero-order valence-corrected chi connectivity index (χ0v) is 13.7. The van der Waals surface area contributed by atoms with Gasteiger partial charge in [0.25, 0.3) is 11.8 Å². The normalized spacial score (nSPS) is 15.1. The number of amides is 2. The molecule has 1 aliphatic rings. The van der Waals surface area contributed by atoms with Crippen LogP contribution < -0.4 is 16.0 Å². The lowest BCUT2D eigenvalue weighted by atomic mass is 10.1. The molecular weight excluding hydrogens is 322 g/mol. The van der Waals surface area contributed by atoms with Gasteiger partial charge in [-0.15, -0.1) is 0 Å². The van der Waals surface area contributed by atoms with E-state index in [0.717, 1.165) is 11.1 Å². The highest BCUT2D eigenvalue weighted by Gasteiger charge is 2.19. The van der Waals surface area contributed by atoms with Gasteiger partial charge in [0.1, 0.15) is 5.70 Å². The van der Waals surface area contributed by atoms with E-state index in [1.807, 2.05) is 31.2 Å². The molecule has 2 amide bonds. The fourth-order valence-corrected chi connectivity index (χ4v) is 2.47. The maximum atomic E-state index is 12.3. The molecule has 1 aliphatic heterocycles. The first-order chi connectivity index (χ1) is 11.5. The van der Waals surface area contributed by atoms with Crippen LogP contribution in [0.1, 0.15) is 21.5 Å². The number of anilines is 1. The molecule has 1 saturated heterocycles. The number of hydrogen-bond donors (Lipinski definition) is 3. The molecule has 2 aromatic rings. The number of aryl methyl sites for hydroxylation is 1. The fraction of sp³-hybridized carbons (Fsp3) is 0.0556. The van der Waals surface area contributed by atoms with Gasteiger partial charge in [0.05, 0.1) is 0 Å². The molecule has 0 unspecified atom stereocenters. The summed E-state index contributed by atoms with van der Waals surface area (Å²) in [5.74, 6) is -0.452. The Bertz CT molecular complexity index is 857. The molecule has 1 heterocycles. The number of benzene rings is 2. The van der Waals surface area contributed by atoms with E-state index in [-0.39, 0.29) is 16.9 Å². The van der Waals surface area contributed by atoms with E-state index in [1.165, 1.54) is 0 Å². The predicted molar refractivity (Wildman–Crippen MR) is 97.4 cm³/mol. The highest BCUT2D eigenvalue weighted by Crippen LogP contribution is 2.15. The summed E-state index contributed by atoms with van der Waals surface area (Å²) in [6.07, 6.45) is 1.68. The Morgan fingerprint density at radius 3 is 2.54 bits per heavy atom. The van der Waals surface area contributed by atoms with Gasteiger partial charge in [0.2, 0.25) is 0 Å². The van der Waals surface area contributed by atoms with Crippen LogP contribution in [0.3, 0.4) is 0 Å². The second-order valence-electron chi connectivity index (χ2n) is 5.41. The van der Waals surface area contributed by atoms with E-state index < -0.39 is 0 Å². The lowest BCUT2D eigenvalue weighted by Crippen LogP contribution is -2.21. The van der Waals surface area contributed by atoms with E-state index in [4.69, 9.17) is 12.2 Å². The molecule has 3 rings (SSSR count). The Kier molecular flexibility index (Phi) is 4.39. The van der Waals surface area contributed by atoms with Crippen LogP contribution in [0.5, 0.6) is 0 Å². The summed E-state index contributed by atoms with van der Waals surface area (Å²) < 4.78 is 0. The second kappa shape index (κ2) is 6.64. The van der Waals surface area contributed by atoms with Crippen molar-refractivity contribution in [3.63, 3.8) is 0 Å². The maximum Gasteiger partial charge on any atom is 0.273 e. The number of carbonyl (C=O) groups excluding carboxylic acids is 2. The minimum Gasteiger partial charge on any atom is -0.328 e. The first-order valence-corrected chi connectivity index (χ1v) is 7.74. The molecule has 5 nitrogen and oxygen atoms in total. The monoisotopic (exact) mass is 337 g/mol. The third-order valence-corrected chi connectivity index (χ3v) is 3.69. The number of rotatable bonds is 3. The smallest absolute Gasteiger partial charge is 0.273 e. The van der Waals surface area contributed by atoms with Crippen molar-refractivity contribution in [3.05, 3.63) is 70.9 Å². The van der Waals surface area contributed by atoms with E-state index in [2.05, 4.69) is 16.0 Å². The van der Waals surface area contributed by atoms with Gasteiger partial charge >= 0.3 is 0 Å². The molecule has 120 valence electrons. The van der Waals surface area contributed by atoms with Crippen molar-refractivity contribution < 1.29 is 9.59 Å². The number of hydrogen-bond acceptors (Lipinski definition) is 3. The molecule has 0 aliphatic carbocycles. The van der Waals surface area contributed by atoms with Crippen molar-refractivity contribution in [2.45, 2.75) is 6.92 Å². The fourth-order valence-electron chi connectivity index (χ4n) is 2.26. The van der Waals surface area contributed by atoms with Crippen LogP contribution in [0.2, 0.25) is 0 Å². The highest BCUT2D eigenvalue weighted by molar-refractivity contribution is 7.80. The summed E-state index contributed by atoms with van der Waals surface area (Å²) in [6, 6.07) is 14.6. The topological polar surface area (TPSA) is 70.2 Å². The Hall–Kier alpha value is -2.99. The lowest BCUT2D eigenvalue weighted by molar-refractivity contribution is -0.115. The van der Waals surface area contributed by atoms with Crippen molar-refractivity contribution in [1.82, 2.24) is 10.6 Å². The Morgan fingerprint density at radius 2 is 1.88 bits per heavy atom. The van der Waals surface area contributed by atoms with Crippen LogP contribution in [0.15, 0.2) is 54.2 Å². The molecule has 24 heavy (non-hydrogen) atoms. The van der Waals surface area contributed by atoms with E-state index in [1.54, 1.807) is 30.3 Å². The van der Waals surface area contributed by atoms with Gasteiger partial charge in [-0.1, -0.05) is 29.8 Å². The SMILES string of the molecule is Cc1ccc(C(=O)Nc2cccc(/C=C3\NC(=S)NC3=O)c2)cc1. The Labute approximate surface area is 144 Å². The van der Waals surface area contributed by atoms with Crippen molar-refractivity contribution >= 4 is 40.9 Å². The lowest BCUT2D eigenvalue weighted by Gasteiger charge is -2.07. The molecular formula is C18H15N3O2S. The van der Waals surface area contributed by atoms with Crippen LogP contribution in [-0.2, 0) is 4.79 Å². The standard InChI is InChI=1S/C18H15N3O2S/c1-11-5-7-13(8-6-11)16(22)19-14-4-2-3-12(9-14)10-15-17(23)21-18(24)20-15/h2-10H,1H3,(H,19,22)(H2,20,21,23,24)/b15-10-. The van der Waals surface area contributed by atoms with Gasteiger partial charge in [-0.2, -0.15) is 0 Å². The highest BCUT2D eigenvalue weighted by atomic mass is 32.1.